The second kappa shape index (κ2) is 22.7. The molecule has 0 saturated carbocycles. The predicted octanol–water partition coefficient (Wildman–Crippen LogP) is 10.5. The van der Waals surface area contributed by atoms with Crippen LogP contribution in [0.15, 0.2) is 12.4 Å². The van der Waals surface area contributed by atoms with Gasteiger partial charge >= 0.3 is 0 Å². The normalized spacial score (nSPS) is 11.7. The Morgan fingerprint density at radius 2 is 0.941 bits per heavy atom. The summed E-state index contributed by atoms with van der Waals surface area (Å²) in [6.45, 7) is 10.5. The maximum atomic E-state index is 2.56. The fraction of sp³-hybridized carbons (Fsp3) is 0.906. The van der Waals surface area contributed by atoms with Gasteiger partial charge in [0.1, 0.15) is 12.4 Å². The molecule has 0 spiro atoms. The molecule has 0 unspecified atom stereocenters. The third-order valence-corrected chi connectivity index (χ3v) is 7.60. The van der Waals surface area contributed by atoms with Gasteiger partial charge in [0.2, 0.25) is 0 Å². The van der Waals surface area contributed by atoms with Gasteiger partial charge in [-0.1, -0.05) is 136 Å². The third kappa shape index (κ3) is 16.0. The summed E-state index contributed by atoms with van der Waals surface area (Å²) < 4.78 is 5.07. The molecular formula is C32H63N2+. The predicted molar refractivity (Wildman–Crippen MR) is 152 cm³/mol. The van der Waals surface area contributed by atoms with Crippen molar-refractivity contribution in [2.24, 2.45) is 0 Å². The van der Waals surface area contributed by atoms with Gasteiger partial charge in [-0.05, 0) is 33.1 Å². The van der Waals surface area contributed by atoms with E-state index in [1.807, 2.05) is 0 Å². The van der Waals surface area contributed by atoms with E-state index in [1.165, 1.54) is 154 Å². The van der Waals surface area contributed by atoms with Gasteiger partial charge in [0.15, 0.2) is 0 Å². The minimum absolute atomic E-state index is 0.572. The SMILES string of the molecule is CCCCCCCCCCCCCCCCCCC[n+]1ccn(C(C)C)c1CCCCCCC. The quantitative estimate of drug-likeness (QED) is 0.0981. The van der Waals surface area contributed by atoms with Crippen LogP contribution in [0.2, 0.25) is 0 Å². The second-order valence-electron chi connectivity index (χ2n) is 11.2. The zero-order valence-electron chi connectivity index (χ0n) is 24.1. The molecule has 34 heavy (non-hydrogen) atoms. The number of hydrogen-bond donors (Lipinski definition) is 0. The van der Waals surface area contributed by atoms with E-state index < -0.39 is 0 Å². The maximum Gasteiger partial charge on any atom is 0.256 e. The molecule has 0 bridgehead atoms. The number of unbranched alkanes of at least 4 members (excludes halogenated alkanes) is 20. The van der Waals surface area contributed by atoms with Crippen LogP contribution in [0.3, 0.4) is 0 Å². The van der Waals surface area contributed by atoms with Crippen molar-refractivity contribution < 1.29 is 4.57 Å². The third-order valence-electron chi connectivity index (χ3n) is 7.60. The first kappa shape index (κ1) is 31.2. The first-order valence-corrected chi connectivity index (χ1v) is 15.8. The fourth-order valence-corrected chi connectivity index (χ4v) is 5.31. The first-order valence-electron chi connectivity index (χ1n) is 15.8. The van der Waals surface area contributed by atoms with E-state index in [1.54, 1.807) is 5.82 Å². The number of nitrogens with zero attached hydrogens (tertiary/aromatic N) is 2. The summed E-state index contributed by atoms with van der Waals surface area (Å²) in [5.41, 5.74) is 0. The molecule has 0 atom stereocenters. The van der Waals surface area contributed by atoms with Gasteiger partial charge in [0.05, 0.1) is 12.6 Å². The van der Waals surface area contributed by atoms with Crippen LogP contribution in [0.1, 0.15) is 181 Å². The Hall–Kier alpha value is -0.790. The highest BCUT2D eigenvalue weighted by atomic mass is 15.2. The van der Waals surface area contributed by atoms with Crippen molar-refractivity contribution in [1.29, 1.82) is 0 Å². The lowest BCUT2D eigenvalue weighted by Crippen LogP contribution is -2.37. The zero-order chi connectivity index (χ0) is 24.7. The molecule has 0 aliphatic rings. The summed E-state index contributed by atoms with van der Waals surface area (Å²) in [6, 6.07) is 0.572. The molecule has 1 heterocycles. The van der Waals surface area contributed by atoms with Crippen LogP contribution in [0.4, 0.5) is 0 Å². The number of aromatic nitrogens is 2. The molecule has 0 aliphatic heterocycles. The first-order chi connectivity index (χ1) is 16.7. The van der Waals surface area contributed by atoms with Crippen LogP contribution in [-0.2, 0) is 13.0 Å². The lowest BCUT2D eigenvalue weighted by atomic mass is 10.0. The van der Waals surface area contributed by atoms with Crippen molar-refractivity contribution in [1.82, 2.24) is 4.57 Å². The van der Waals surface area contributed by atoms with E-state index in [9.17, 15) is 0 Å². The largest absolute Gasteiger partial charge is 0.256 e. The Morgan fingerprint density at radius 1 is 0.559 bits per heavy atom. The van der Waals surface area contributed by atoms with Gasteiger partial charge < -0.3 is 0 Å². The Bertz CT molecular complexity index is 545. The van der Waals surface area contributed by atoms with Crippen molar-refractivity contribution in [3.05, 3.63) is 18.2 Å². The van der Waals surface area contributed by atoms with Crippen molar-refractivity contribution in [3.8, 4) is 0 Å². The Labute approximate surface area is 215 Å². The standard InChI is InChI=1S/C32H63N2/c1-5-7-9-11-12-13-14-15-16-17-18-19-20-21-22-24-26-28-33-29-30-34(31(3)4)32(33)27-25-23-10-8-6-2/h29-31H,5-28H2,1-4H3/q+1. The summed E-state index contributed by atoms with van der Waals surface area (Å²) in [5.74, 6) is 1.56. The fourth-order valence-electron chi connectivity index (χ4n) is 5.31. The summed E-state index contributed by atoms with van der Waals surface area (Å²) in [5, 5.41) is 0. The molecule has 1 rings (SSSR count). The maximum absolute atomic E-state index is 2.56. The summed E-state index contributed by atoms with van der Waals surface area (Å²) in [6.07, 6.45) is 37.3. The second-order valence-corrected chi connectivity index (χ2v) is 11.2. The number of aryl methyl sites for hydroxylation is 1. The van der Waals surface area contributed by atoms with Gasteiger partial charge in [-0.15, -0.1) is 0 Å². The molecular weight excluding hydrogens is 412 g/mol. The molecule has 0 aromatic carbocycles. The minimum Gasteiger partial charge on any atom is -0.234 e. The Kier molecular flexibility index (Phi) is 20.8. The van der Waals surface area contributed by atoms with Gasteiger partial charge in [-0.2, -0.15) is 0 Å². The molecule has 2 heteroatoms. The molecule has 1 aromatic rings. The van der Waals surface area contributed by atoms with E-state index in [2.05, 4.69) is 49.2 Å². The number of rotatable bonds is 25. The van der Waals surface area contributed by atoms with Crippen LogP contribution in [0.25, 0.3) is 0 Å². The van der Waals surface area contributed by atoms with Crippen molar-refractivity contribution in [3.63, 3.8) is 0 Å². The molecule has 0 amide bonds. The van der Waals surface area contributed by atoms with E-state index >= 15 is 0 Å². The topological polar surface area (TPSA) is 8.81 Å². The average molecular weight is 476 g/mol. The minimum atomic E-state index is 0.572. The van der Waals surface area contributed by atoms with Crippen LogP contribution >= 0.6 is 0 Å². The lowest BCUT2D eigenvalue weighted by molar-refractivity contribution is -0.704. The van der Waals surface area contributed by atoms with Crippen LogP contribution < -0.4 is 4.57 Å². The Balaban J connectivity index is 2.01. The van der Waals surface area contributed by atoms with Crippen molar-refractivity contribution in [2.45, 2.75) is 188 Å². The van der Waals surface area contributed by atoms with Crippen molar-refractivity contribution in [2.75, 3.05) is 0 Å². The van der Waals surface area contributed by atoms with Gasteiger partial charge in [-0.3, -0.25) is 0 Å². The van der Waals surface area contributed by atoms with Gasteiger partial charge in [0.25, 0.3) is 5.82 Å². The number of hydrogen-bond acceptors (Lipinski definition) is 0. The molecule has 1 aromatic heterocycles. The van der Waals surface area contributed by atoms with Crippen LogP contribution in [0.5, 0.6) is 0 Å². The van der Waals surface area contributed by atoms with Gasteiger partial charge in [0, 0.05) is 6.42 Å². The van der Waals surface area contributed by atoms with Gasteiger partial charge in [-0.25, -0.2) is 9.13 Å². The molecule has 0 N–H and O–H groups in total. The molecule has 2 nitrogen and oxygen atoms in total. The summed E-state index contributed by atoms with van der Waals surface area (Å²) in [7, 11) is 0. The molecule has 200 valence electrons. The molecule has 0 aliphatic carbocycles. The summed E-state index contributed by atoms with van der Waals surface area (Å²) >= 11 is 0. The van der Waals surface area contributed by atoms with E-state index in [0.717, 1.165) is 0 Å². The monoisotopic (exact) mass is 475 g/mol. The van der Waals surface area contributed by atoms with Crippen LogP contribution in [-0.4, -0.2) is 4.57 Å². The Morgan fingerprint density at radius 3 is 1.35 bits per heavy atom. The van der Waals surface area contributed by atoms with Crippen LogP contribution in [0, 0.1) is 0 Å². The highest BCUT2D eigenvalue weighted by Crippen LogP contribution is 2.15. The summed E-state index contributed by atoms with van der Waals surface area (Å²) in [4.78, 5) is 0. The lowest BCUT2D eigenvalue weighted by Gasteiger charge is -2.08. The average Bonchev–Trinajstić information content (AvgIpc) is 3.24. The molecule has 0 saturated heterocycles. The van der Waals surface area contributed by atoms with Crippen molar-refractivity contribution >= 4 is 0 Å². The molecule has 0 radical (unpaired) electrons. The van der Waals surface area contributed by atoms with E-state index in [0.29, 0.717) is 6.04 Å². The smallest absolute Gasteiger partial charge is 0.234 e. The highest BCUT2D eigenvalue weighted by Gasteiger charge is 2.18. The number of imidazole rings is 1. The zero-order valence-corrected chi connectivity index (χ0v) is 24.1. The highest BCUT2D eigenvalue weighted by molar-refractivity contribution is 4.86. The molecule has 0 fully saturated rings. The van der Waals surface area contributed by atoms with E-state index in [4.69, 9.17) is 0 Å². The van der Waals surface area contributed by atoms with E-state index in [-0.39, 0.29) is 0 Å².